The van der Waals surface area contributed by atoms with Crippen LogP contribution in [0.1, 0.15) is 27.1 Å². The Morgan fingerprint density at radius 3 is 2.86 bits per heavy atom. The van der Waals surface area contributed by atoms with Crippen molar-refractivity contribution in [2.45, 2.75) is 11.3 Å². The van der Waals surface area contributed by atoms with E-state index in [1.165, 1.54) is 0 Å². The molecule has 1 amide bonds. The molecular formula is C17H15NO3S. The number of thioether (sulfide) groups is 1. The van der Waals surface area contributed by atoms with Crippen LogP contribution < -0.4 is 10.1 Å². The van der Waals surface area contributed by atoms with Gasteiger partial charge in [-0.25, -0.2) is 0 Å². The van der Waals surface area contributed by atoms with Crippen molar-refractivity contribution in [1.82, 2.24) is 0 Å². The van der Waals surface area contributed by atoms with Crippen molar-refractivity contribution in [3.63, 3.8) is 0 Å². The number of hydrogen-bond acceptors (Lipinski definition) is 4. The van der Waals surface area contributed by atoms with Crippen molar-refractivity contribution in [2.24, 2.45) is 0 Å². The molecule has 0 spiro atoms. The molecule has 0 atom stereocenters. The van der Waals surface area contributed by atoms with Gasteiger partial charge in [-0.1, -0.05) is 18.2 Å². The number of nitrogens with one attached hydrogen (secondary N) is 1. The van der Waals surface area contributed by atoms with Crippen LogP contribution in [0.4, 0.5) is 5.69 Å². The maximum atomic E-state index is 12.5. The molecule has 2 aromatic rings. The minimum Gasteiger partial charge on any atom is -0.497 e. The van der Waals surface area contributed by atoms with Gasteiger partial charge in [0.05, 0.1) is 12.7 Å². The molecule has 0 fully saturated rings. The largest absolute Gasteiger partial charge is 0.497 e. The van der Waals surface area contributed by atoms with Crippen LogP contribution >= 0.6 is 11.8 Å². The number of Topliss-reactive ketones (excluding diaryl/α,β-unsaturated/α-hetero) is 1. The van der Waals surface area contributed by atoms with Crippen LogP contribution in [0.2, 0.25) is 0 Å². The first-order valence-electron chi connectivity index (χ1n) is 6.93. The third-order valence-corrected chi connectivity index (χ3v) is 4.60. The molecule has 4 nitrogen and oxygen atoms in total. The van der Waals surface area contributed by atoms with Crippen LogP contribution in [0, 0.1) is 0 Å². The molecule has 112 valence electrons. The Bertz CT molecular complexity index is 742. The number of rotatable bonds is 3. The van der Waals surface area contributed by atoms with Gasteiger partial charge < -0.3 is 10.1 Å². The Morgan fingerprint density at radius 1 is 1.23 bits per heavy atom. The number of hydrogen-bond donors (Lipinski definition) is 1. The summed E-state index contributed by atoms with van der Waals surface area (Å²) in [5.74, 6) is 1.28. The standard InChI is InChI=1S/C17H15NO3S/c1-21-12-5-2-4-11(10-12)18-17(20)14-7-3-6-13-15(19)8-9-22-16(13)14/h2-7,10H,8-9H2,1H3,(H,18,20). The van der Waals surface area contributed by atoms with E-state index in [1.54, 1.807) is 49.2 Å². The van der Waals surface area contributed by atoms with Crippen LogP contribution in [0.5, 0.6) is 5.75 Å². The van der Waals surface area contributed by atoms with E-state index in [4.69, 9.17) is 4.74 Å². The van der Waals surface area contributed by atoms with Crippen LogP contribution in [0.3, 0.4) is 0 Å². The Balaban J connectivity index is 1.89. The van der Waals surface area contributed by atoms with E-state index in [2.05, 4.69) is 5.32 Å². The number of anilines is 1. The second-order valence-corrected chi connectivity index (χ2v) is 6.00. The monoisotopic (exact) mass is 313 g/mol. The Labute approximate surface area is 132 Å². The highest BCUT2D eigenvalue weighted by Gasteiger charge is 2.23. The zero-order valence-electron chi connectivity index (χ0n) is 12.1. The van der Waals surface area contributed by atoms with Gasteiger partial charge >= 0.3 is 0 Å². The Morgan fingerprint density at radius 2 is 2.05 bits per heavy atom. The summed E-state index contributed by atoms with van der Waals surface area (Å²) in [6.45, 7) is 0. The molecule has 0 saturated carbocycles. The molecule has 0 saturated heterocycles. The van der Waals surface area contributed by atoms with E-state index in [0.717, 1.165) is 10.6 Å². The van der Waals surface area contributed by atoms with Crippen molar-refractivity contribution in [3.8, 4) is 5.75 Å². The van der Waals surface area contributed by atoms with Gasteiger partial charge in [-0.3, -0.25) is 9.59 Å². The van der Waals surface area contributed by atoms with Crippen molar-refractivity contribution < 1.29 is 14.3 Å². The maximum absolute atomic E-state index is 12.5. The molecule has 1 heterocycles. The molecule has 22 heavy (non-hydrogen) atoms. The van der Waals surface area contributed by atoms with Crippen LogP contribution in [0.15, 0.2) is 47.4 Å². The van der Waals surface area contributed by atoms with Gasteiger partial charge in [-0.15, -0.1) is 11.8 Å². The summed E-state index contributed by atoms with van der Waals surface area (Å²) in [6, 6.07) is 12.5. The van der Waals surface area contributed by atoms with Gasteiger partial charge in [0.25, 0.3) is 5.91 Å². The molecule has 0 aromatic heterocycles. The van der Waals surface area contributed by atoms with E-state index < -0.39 is 0 Å². The third kappa shape index (κ3) is 2.85. The molecule has 0 bridgehead atoms. The van der Waals surface area contributed by atoms with Crippen molar-refractivity contribution in [2.75, 3.05) is 18.2 Å². The lowest BCUT2D eigenvalue weighted by Gasteiger charge is -2.17. The highest BCUT2D eigenvalue weighted by Crippen LogP contribution is 2.33. The zero-order valence-corrected chi connectivity index (χ0v) is 12.9. The summed E-state index contributed by atoms with van der Waals surface area (Å²) in [7, 11) is 1.58. The molecule has 0 radical (unpaired) electrons. The SMILES string of the molecule is COc1cccc(NC(=O)c2cccc3c2SCCC3=O)c1. The summed E-state index contributed by atoms with van der Waals surface area (Å²) in [4.78, 5) is 25.2. The van der Waals surface area contributed by atoms with Gasteiger partial charge in [0.1, 0.15) is 5.75 Å². The summed E-state index contributed by atoms with van der Waals surface area (Å²) in [5, 5.41) is 2.85. The van der Waals surface area contributed by atoms with Gasteiger partial charge in [-0.2, -0.15) is 0 Å². The Kier molecular flexibility index (Phi) is 4.15. The quantitative estimate of drug-likeness (QED) is 0.940. The van der Waals surface area contributed by atoms with Crippen LogP contribution in [0.25, 0.3) is 0 Å². The van der Waals surface area contributed by atoms with Gasteiger partial charge in [-0.05, 0) is 18.2 Å². The molecule has 3 rings (SSSR count). The first kappa shape index (κ1) is 14.7. The normalized spacial score (nSPS) is 13.4. The summed E-state index contributed by atoms with van der Waals surface area (Å²) in [5.41, 5.74) is 1.85. The number of benzene rings is 2. The van der Waals surface area contributed by atoms with E-state index in [1.807, 2.05) is 12.1 Å². The number of fused-ring (bicyclic) bond motifs is 1. The van der Waals surface area contributed by atoms with E-state index in [9.17, 15) is 9.59 Å². The first-order valence-corrected chi connectivity index (χ1v) is 7.92. The fraction of sp³-hybridized carbons (Fsp3) is 0.176. The molecule has 1 aliphatic heterocycles. The lowest BCUT2D eigenvalue weighted by Crippen LogP contribution is -2.17. The number of carbonyl (C=O) groups is 2. The number of amides is 1. The van der Waals surface area contributed by atoms with Crippen molar-refractivity contribution in [3.05, 3.63) is 53.6 Å². The maximum Gasteiger partial charge on any atom is 0.256 e. The number of ether oxygens (including phenoxy) is 1. The second kappa shape index (κ2) is 6.23. The lowest BCUT2D eigenvalue weighted by molar-refractivity contribution is 0.0984. The highest BCUT2D eigenvalue weighted by molar-refractivity contribution is 7.99. The summed E-state index contributed by atoms with van der Waals surface area (Å²) < 4.78 is 5.15. The average Bonchev–Trinajstić information content (AvgIpc) is 2.55. The number of methoxy groups -OCH3 is 1. The van der Waals surface area contributed by atoms with E-state index in [0.29, 0.717) is 29.0 Å². The zero-order chi connectivity index (χ0) is 15.5. The van der Waals surface area contributed by atoms with E-state index in [-0.39, 0.29) is 11.7 Å². The minimum atomic E-state index is -0.215. The smallest absolute Gasteiger partial charge is 0.256 e. The molecule has 1 N–H and O–H groups in total. The van der Waals surface area contributed by atoms with Crippen LogP contribution in [-0.2, 0) is 0 Å². The van der Waals surface area contributed by atoms with Crippen molar-refractivity contribution in [1.29, 1.82) is 0 Å². The fourth-order valence-electron chi connectivity index (χ4n) is 2.37. The highest BCUT2D eigenvalue weighted by atomic mass is 32.2. The van der Waals surface area contributed by atoms with Gasteiger partial charge in [0, 0.05) is 34.4 Å². The molecule has 5 heteroatoms. The fourth-order valence-corrected chi connectivity index (χ4v) is 3.52. The summed E-state index contributed by atoms with van der Waals surface area (Å²) >= 11 is 1.56. The molecule has 2 aromatic carbocycles. The van der Waals surface area contributed by atoms with Crippen molar-refractivity contribution >= 4 is 29.1 Å². The molecule has 0 unspecified atom stereocenters. The number of carbonyl (C=O) groups excluding carboxylic acids is 2. The second-order valence-electron chi connectivity index (χ2n) is 4.89. The van der Waals surface area contributed by atoms with Gasteiger partial charge in [0.15, 0.2) is 5.78 Å². The predicted molar refractivity (Wildman–Crippen MR) is 87.1 cm³/mol. The lowest BCUT2D eigenvalue weighted by atomic mass is 10.0. The minimum absolute atomic E-state index is 0.102. The average molecular weight is 313 g/mol. The molecular weight excluding hydrogens is 298 g/mol. The van der Waals surface area contributed by atoms with Gasteiger partial charge in [0.2, 0.25) is 0 Å². The Hall–Kier alpha value is -2.27. The third-order valence-electron chi connectivity index (χ3n) is 3.46. The molecule has 0 aliphatic carbocycles. The topological polar surface area (TPSA) is 55.4 Å². The summed E-state index contributed by atoms with van der Waals surface area (Å²) in [6.07, 6.45) is 0.526. The number of ketones is 1. The van der Waals surface area contributed by atoms with E-state index >= 15 is 0 Å². The molecule has 1 aliphatic rings. The predicted octanol–water partition coefficient (Wildman–Crippen LogP) is 3.63. The van der Waals surface area contributed by atoms with Crippen LogP contribution in [-0.4, -0.2) is 24.6 Å². The first-order chi connectivity index (χ1) is 10.7.